The number of hydrogen-bond donors (Lipinski definition) is 1. The molecule has 0 fully saturated rings. The second-order valence-electron chi connectivity index (χ2n) is 8.42. The number of rotatable bonds is 4. The molecule has 162 valence electrons. The summed E-state index contributed by atoms with van der Waals surface area (Å²) in [7, 11) is 0. The molecular weight excluding hydrogens is 468 g/mol. The number of pyridine rings is 1. The average Bonchev–Trinajstić information content (AvgIpc) is 3.18. The van der Waals surface area contributed by atoms with Crippen molar-refractivity contribution < 1.29 is 4.79 Å². The first-order valence-electron chi connectivity index (χ1n) is 10.2. The standard InChI is InChI=1S/C24H23BrN6O/c1-15-18(9-10-19(28-15)16-7-5-8-17(25)13-16)22(32)29-21-14-20(24(2,3)4)30-31(21)23-26-11-6-12-27-23/h5-14H,1-4H3,(H,29,32). The molecule has 0 radical (unpaired) electrons. The van der Waals surface area contributed by atoms with E-state index in [9.17, 15) is 4.79 Å². The third-order valence-corrected chi connectivity index (χ3v) is 5.41. The quantitative estimate of drug-likeness (QED) is 0.416. The predicted octanol–water partition coefficient (Wildman–Crippen LogP) is 5.35. The van der Waals surface area contributed by atoms with Gasteiger partial charge in [0.2, 0.25) is 0 Å². The molecule has 4 rings (SSSR count). The number of anilines is 1. The molecule has 0 bridgehead atoms. The zero-order chi connectivity index (χ0) is 22.9. The largest absolute Gasteiger partial charge is 0.306 e. The van der Waals surface area contributed by atoms with Crippen LogP contribution in [0, 0.1) is 6.92 Å². The van der Waals surface area contributed by atoms with Crippen molar-refractivity contribution in [2.45, 2.75) is 33.1 Å². The summed E-state index contributed by atoms with van der Waals surface area (Å²) in [6.45, 7) is 8.01. The van der Waals surface area contributed by atoms with Crippen molar-refractivity contribution in [3.05, 3.63) is 82.3 Å². The Morgan fingerprint density at radius 3 is 2.44 bits per heavy atom. The normalized spacial score (nSPS) is 11.4. The molecule has 0 atom stereocenters. The third kappa shape index (κ3) is 4.60. The van der Waals surface area contributed by atoms with E-state index >= 15 is 0 Å². The summed E-state index contributed by atoms with van der Waals surface area (Å²) >= 11 is 3.48. The third-order valence-electron chi connectivity index (χ3n) is 4.91. The maximum atomic E-state index is 13.1. The minimum atomic E-state index is -0.270. The fourth-order valence-electron chi connectivity index (χ4n) is 3.18. The number of amides is 1. The van der Waals surface area contributed by atoms with Gasteiger partial charge in [-0.1, -0.05) is 48.8 Å². The van der Waals surface area contributed by atoms with E-state index in [0.29, 0.717) is 23.0 Å². The van der Waals surface area contributed by atoms with Crippen molar-refractivity contribution >= 4 is 27.7 Å². The van der Waals surface area contributed by atoms with Crippen LogP contribution in [0.1, 0.15) is 42.5 Å². The van der Waals surface area contributed by atoms with Gasteiger partial charge < -0.3 is 5.32 Å². The van der Waals surface area contributed by atoms with Crippen molar-refractivity contribution in [2.24, 2.45) is 0 Å². The van der Waals surface area contributed by atoms with Gasteiger partial charge in [-0.25, -0.2) is 9.97 Å². The minimum Gasteiger partial charge on any atom is -0.306 e. The van der Waals surface area contributed by atoms with E-state index in [1.165, 1.54) is 0 Å². The molecule has 1 amide bonds. The van der Waals surface area contributed by atoms with Crippen LogP contribution >= 0.6 is 15.9 Å². The van der Waals surface area contributed by atoms with Crippen LogP contribution in [0.2, 0.25) is 0 Å². The lowest BCUT2D eigenvalue weighted by Gasteiger charge is -2.13. The Hall–Kier alpha value is -3.39. The SMILES string of the molecule is Cc1nc(-c2cccc(Br)c2)ccc1C(=O)Nc1cc(C(C)(C)C)nn1-c1ncccn1. The molecule has 0 aliphatic carbocycles. The molecule has 0 unspecified atom stereocenters. The molecule has 32 heavy (non-hydrogen) atoms. The van der Waals surface area contributed by atoms with Crippen molar-refractivity contribution in [3.63, 3.8) is 0 Å². The lowest BCUT2D eigenvalue weighted by Crippen LogP contribution is -2.17. The fraction of sp³-hybridized carbons (Fsp3) is 0.208. The van der Waals surface area contributed by atoms with Gasteiger partial charge in [0.1, 0.15) is 5.82 Å². The maximum absolute atomic E-state index is 13.1. The fourth-order valence-corrected chi connectivity index (χ4v) is 3.58. The van der Waals surface area contributed by atoms with Crippen LogP contribution in [0.5, 0.6) is 0 Å². The molecule has 8 heteroatoms. The Morgan fingerprint density at radius 1 is 1.03 bits per heavy atom. The van der Waals surface area contributed by atoms with Gasteiger partial charge in [0.05, 0.1) is 22.6 Å². The lowest BCUT2D eigenvalue weighted by molar-refractivity contribution is 0.102. The first-order chi connectivity index (χ1) is 15.2. The van der Waals surface area contributed by atoms with Crippen molar-refractivity contribution in [2.75, 3.05) is 5.32 Å². The highest BCUT2D eigenvalue weighted by molar-refractivity contribution is 9.10. The summed E-state index contributed by atoms with van der Waals surface area (Å²) in [5.41, 5.74) is 3.52. The highest BCUT2D eigenvalue weighted by atomic mass is 79.9. The molecule has 3 aromatic heterocycles. The van der Waals surface area contributed by atoms with E-state index in [1.807, 2.05) is 43.3 Å². The topological polar surface area (TPSA) is 85.6 Å². The zero-order valence-electron chi connectivity index (χ0n) is 18.3. The summed E-state index contributed by atoms with van der Waals surface area (Å²) in [4.78, 5) is 26.3. The molecule has 0 aliphatic rings. The van der Waals surface area contributed by atoms with Crippen LogP contribution in [0.4, 0.5) is 5.82 Å². The van der Waals surface area contributed by atoms with Gasteiger partial charge in [-0.2, -0.15) is 9.78 Å². The van der Waals surface area contributed by atoms with E-state index in [2.05, 4.69) is 62.1 Å². The number of halogens is 1. The van der Waals surface area contributed by atoms with E-state index in [4.69, 9.17) is 0 Å². The van der Waals surface area contributed by atoms with Crippen LogP contribution < -0.4 is 5.32 Å². The molecule has 0 aliphatic heterocycles. The van der Waals surface area contributed by atoms with Crippen LogP contribution in [0.15, 0.2) is 65.4 Å². The van der Waals surface area contributed by atoms with E-state index in [-0.39, 0.29) is 11.3 Å². The van der Waals surface area contributed by atoms with Gasteiger partial charge in [0, 0.05) is 33.9 Å². The Morgan fingerprint density at radius 2 is 1.78 bits per heavy atom. The Balaban J connectivity index is 1.66. The molecule has 7 nitrogen and oxygen atoms in total. The summed E-state index contributed by atoms with van der Waals surface area (Å²) in [5.74, 6) is 0.619. The molecule has 0 saturated carbocycles. The van der Waals surface area contributed by atoms with Crippen molar-refractivity contribution in [1.29, 1.82) is 0 Å². The van der Waals surface area contributed by atoms with E-state index in [1.54, 1.807) is 29.2 Å². The van der Waals surface area contributed by atoms with Crippen LogP contribution in [0.3, 0.4) is 0 Å². The second-order valence-corrected chi connectivity index (χ2v) is 9.34. The highest BCUT2D eigenvalue weighted by Gasteiger charge is 2.23. The Kier molecular flexibility index (Phi) is 5.88. The highest BCUT2D eigenvalue weighted by Crippen LogP contribution is 2.26. The number of carbonyl (C=O) groups excluding carboxylic acids is 1. The predicted molar refractivity (Wildman–Crippen MR) is 128 cm³/mol. The van der Waals surface area contributed by atoms with Crippen molar-refractivity contribution in [1.82, 2.24) is 24.7 Å². The second kappa shape index (κ2) is 8.63. The first-order valence-corrected chi connectivity index (χ1v) is 10.9. The first kappa shape index (κ1) is 21.8. The van der Waals surface area contributed by atoms with Crippen LogP contribution in [0.25, 0.3) is 17.2 Å². The molecule has 3 heterocycles. The minimum absolute atomic E-state index is 0.206. The van der Waals surface area contributed by atoms with Gasteiger partial charge in [-0.15, -0.1) is 0 Å². The van der Waals surface area contributed by atoms with Gasteiger partial charge >= 0.3 is 0 Å². The summed E-state index contributed by atoms with van der Waals surface area (Å²) < 4.78 is 2.53. The number of nitrogens with zero attached hydrogens (tertiary/aromatic N) is 5. The summed E-state index contributed by atoms with van der Waals surface area (Å²) in [6.07, 6.45) is 3.28. The van der Waals surface area contributed by atoms with Crippen LogP contribution in [-0.2, 0) is 5.41 Å². The number of nitrogens with one attached hydrogen (secondary N) is 1. The smallest absolute Gasteiger partial charge is 0.258 e. The van der Waals surface area contributed by atoms with Gasteiger partial charge in [-0.3, -0.25) is 9.78 Å². The van der Waals surface area contributed by atoms with E-state index < -0.39 is 0 Å². The molecular formula is C24H23BrN6O. The number of aryl methyl sites for hydroxylation is 1. The average molecular weight is 491 g/mol. The molecule has 1 aromatic carbocycles. The monoisotopic (exact) mass is 490 g/mol. The number of aromatic nitrogens is 5. The Bertz CT molecular complexity index is 1280. The van der Waals surface area contributed by atoms with Gasteiger partial charge in [0.15, 0.2) is 0 Å². The molecule has 4 aromatic rings. The van der Waals surface area contributed by atoms with Gasteiger partial charge in [0.25, 0.3) is 11.9 Å². The molecule has 1 N–H and O–H groups in total. The molecule has 0 saturated heterocycles. The molecule has 0 spiro atoms. The number of hydrogen-bond acceptors (Lipinski definition) is 5. The number of carbonyl (C=O) groups is 1. The number of benzene rings is 1. The van der Waals surface area contributed by atoms with Crippen molar-refractivity contribution in [3.8, 4) is 17.2 Å². The maximum Gasteiger partial charge on any atom is 0.258 e. The van der Waals surface area contributed by atoms with E-state index in [0.717, 1.165) is 21.4 Å². The summed E-state index contributed by atoms with van der Waals surface area (Å²) in [5, 5.41) is 7.60. The van der Waals surface area contributed by atoms with Gasteiger partial charge in [-0.05, 0) is 37.3 Å². The summed E-state index contributed by atoms with van der Waals surface area (Å²) in [6, 6.07) is 15.1. The van der Waals surface area contributed by atoms with Crippen LogP contribution in [-0.4, -0.2) is 30.6 Å². The Labute approximate surface area is 195 Å². The zero-order valence-corrected chi connectivity index (χ0v) is 19.9. The lowest BCUT2D eigenvalue weighted by atomic mass is 9.92.